The van der Waals surface area contributed by atoms with Crippen molar-refractivity contribution >= 4 is 28.5 Å². The maximum atomic E-state index is 11.7. The fourth-order valence-corrected chi connectivity index (χ4v) is 4.68. The van der Waals surface area contributed by atoms with Crippen LogP contribution in [-0.4, -0.2) is 69.8 Å². The van der Waals surface area contributed by atoms with E-state index in [2.05, 4.69) is 21.8 Å². The summed E-state index contributed by atoms with van der Waals surface area (Å²) in [6, 6.07) is 3.44. The number of benzene rings is 1. The van der Waals surface area contributed by atoms with Gasteiger partial charge in [0.1, 0.15) is 17.0 Å². The number of hydrogen-bond acceptors (Lipinski definition) is 6. The topological polar surface area (TPSA) is 117 Å². The van der Waals surface area contributed by atoms with Gasteiger partial charge in [0.25, 0.3) is 5.69 Å². The number of nitrogens with one attached hydrogen (secondary N) is 1. The van der Waals surface area contributed by atoms with Crippen LogP contribution >= 0.6 is 0 Å². The van der Waals surface area contributed by atoms with Crippen molar-refractivity contribution in [2.45, 2.75) is 38.3 Å². The Morgan fingerprint density at radius 1 is 1.28 bits per heavy atom. The van der Waals surface area contributed by atoms with Gasteiger partial charge in [0.05, 0.1) is 16.5 Å². The van der Waals surface area contributed by atoms with Crippen molar-refractivity contribution in [1.82, 2.24) is 19.8 Å². The fourth-order valence-electron chi connectivity index (χ4n) is 4.68. The summed E-state index contributed by atoms with van der Waals surface area (Å²) in [7, 11) is 2.12. The molecule has 0 saturated carbocycles. The molecule has 1 aromatic heterocycles. The predicted octanol–water partition coefficient (Wildman–Crippen LogP) is 2.37. The van der Waals surface area contributed by atoms with E-state index in [-0.39, 0.29) is 16.7 Å². The molecule has 2 aliphatic heterocycles. The zero-order chi connectivity index (χ0) is 20.7. The molecule has 0 spiro atoms. The fraction of sp³-hybridized carbons (Fsp3) is 0.579. The van der Waals surface area contributed by atoms with Gasteiger partial charge in [-0.2, -0.15) is 0 Å². The Kier molecular flexibility index (Phi) is 5.03. The highest BCUT2D eigenvalue weighted by Gasteiger charge is 2.32. The molecule has 156 valence electrons. The van der Waals surface area contributed by atoms with Crippen molar-refractivity contribution in [3.63, 3.8) is 0 Å². The Bertz CT molecular complexity index is 950. The van der Waals surface area contributed by atoms with Crippen molar-refractivity contribution in [3.05, 3.63) is 28.1 Å². The molecule has 1 unspecified atom stereocenters. The molecule has 3 heterocycles. The number of fused-ring (bicyclic) bond motifs is 1. The molecule has 0 radical (unpaired) electrons. The highest BCUT2D eigenvalue weighted by atomic mass is 16.6. The molecule has 29 heavy (non-hydrogen) atoms. The second-order valence-corrected chi connectivity index (χ2v) is 8.00. The van der Waals surface area contributed by atoms with E-state index in [4.69, 9.17) is 10.1 Å². The van der Waals surface area contributed by atoms with E-state index in [1.807, 2.05) is 11.8 Å². The summed E-state index contributed by atoms with van der Waals surface area (Å²) in [6.07, 6.45) is 1.56. The van der Waals surface area contributed by atoms with Gasteiger partial charge in [-0.15, -0.1) is 0 Å². The number of hydrogen-bond donors (Lipinski definition) is 2. The van der Waals surface area contributed by atoms with Gasteiger partial charge in [0.15, 0.2) is 0 Å². The number of aryl methyl sites for hydroxylation is 1. The first-order chi connectivity index (χ1) is 13.8. The normalized spacial score (nSPS) is 21.0. The number of nitrogens with zero attached hydrogens (tertiary/aromatic N) is 5. The average molecular weight is 402 g/mol. The third-order valence-corrected chi connectivity index (χ3v) is 6.07. The Balaban J connectivity index is 1.76. The number of aromatic nitrogens is 2. The van der Waals surface area contributed by atoms with Crippen LogP contribution in [0.25, 0.3) is 11.0 Å². The van der Waals surface area contributed by atoms with Crippen molar-refractivity contribution < 1.29 is 14.8 Å². The number of carbonyl (C=O) groups is 1. The minimum absolute atomic E-state index is 0.0153. The summed E-state index contributed by atoms with van der Waals surface area (Å²) in [5.74, 6) is 0.857. The van der Waals surface area contributed by atoms with E-state index in [1.54, 1.807) is 12.1 Å². The van der Waals surface area contributed by atoms with Crippen LogP contribution < -0.4 is 10.2 Å². The molecule has 2 aromatic rings. The van der Waals surface area contributed by atoms with Crippen LogP contribution in [-0.2, 0) is 0 Å². The summed E-state index contributed by atoms with van der Waals surface area (Å²) in [4.78, 5) is 31.3. The Hall–Kier alpha value is -2.88. The van der Waals surface area contributed by atoms with Crippen molar-refractivity contribution in [1.29, 1.82) is 0 Å². The Morgan fingerprint density at radius 3 is 2.66 bits per heavy atom. The lowest BCUT2D eigenvalue weighted by atomic mass is 10.0. The number of piperidine rings is 1. The maximum Gasteiger partial charge on any atom is 0.404 e. The highest BCUT2D eigenvalue weighted by molar-refractivity contribution is 5.95. The number of likely N-dealkylation sites (tertiary alicyclic amines) is 1. The van der Waals surface area contributed by atoms with Crippen LogP contribution in [0, 0.1) is 17.0 Å². The van der Waals surface area contributed by atoms with Crippen LogP contribution in [0.5, 0.6) is 0 Å². The first-order valence-corrected chi connectivity index (χ1v) is 9.94. The van der Waals surface area contributed by atoms with E-state index in [0.29, 0.717) is 36.8 Å². The number of amides is 1. The second-order valence-electron chi connectivity index (χ2n) is 8.00. The molecule has 2 N–H and O–H groups in total. The lowest BCUT2D eigenvalue weighted by Gasteiger charge is -2.31. The van der Waals surface area contributed by atoms with Gasteiger partial charge in [-0.05, 0) is 52.4 Å². The smallest absolute Gasteiger partial charge is 0.404 e. The van der Waals surface area contributed by atoms with Gasteiger partial charge in [-0.3, -0.25) is 10.1 Å². The van der Waals surface area contributed by atoms with Gasteiger partial charge >= 0.3 is 6.09 Å². The largest absolute Gasteiger partial charge is 0.465 e. The van der Waals surface area contributed by atoms with Gasteiger partial charge in [0.2, 0.25) is 0 Å². The lowest BCUT2D eigenvalue weighted by Crippen LogP contribution is -2.36. The first kappa shape index (κ1) is 19.4. The molecule has 0 aliphatic carbocycles. The molecule has 1 aromatic carbocycles. The molecule has 1 amide bonds. The minimum atomic E-state index is -1.08. The molecule has 4 rings (SSSR count). The SMILES string of the molecule is Cc1nc2c(N3CCC(NC(=O)O)C3)c([N+](=O)[O-])ccc2n1C1CCN(C)CC1. The summed E-state index contributed by atoms with van der Waals surface area (Å²) >= 11 is 0. The third-order valence-electron chi connectivity index (χ3n) is 6.07. The van der Waals surface area contributed by atoms with E-state index in [1.165, 1.54) is 0 Å². The van der Waals surface area contributed by atoms with Crippen molar-refractivity contribution in [3.8, 4) is 0 Å². The number of imidazole rings is 1. The first-order valence-electron chi connectivity index (χ1n) is 9.94. The van der Waals surface area contributed by atoms with Crippen LogP contribution in [0.2, 0.25) is 0 Å². The molecule has 2 aliphatic rings. The maximum absolute atomic E-state index is 11.7. The van der Waals surface area contributed by atoms with Gasteiger partial charge < -0.3 is 24.8 Å². The zero-order valence-corrected chi connectivity index (χ0v) is 16.7. The molecule has 0 bridgehead atoms. The summed E-state index contributed by atoms with van der Waals surface area (Å²) in [5, 5.41) is 23.2. The van der Waals surface area contributed by atoms with Crippen LogP contribution in [0.15, 0.2) is 12.1 Å². The molecule has 10 nitrogen and oxygen atoms in total. The van der Waals surface area contributed by atoms with Gasteiger partial charge in [-0.25, -0.2) is 9.78 Å². The van der Waals surface area contributed by atoms with E-state index >= 15 is 0 Å². The third kappa shape index (κ3) is 3.59. The molecule has 1 atom stereocenters. The minimum Gasteiger partial charge on any atom is -0.465 e. The number of carboxylic acid groups (broad SMARTS) is 1. The van der Waals surface area contributed by atoms with Gasteiger partial charge in [-0.1, -0.05) is 0 Å². The molecular weight excluding hydrogens is 376 g/mol. The van der Waals surface area contributed by atoms with Crippen LogP contribution in [0.1, 0.15) is 31.1 Å². The molecule has 2 fully saturated rings. The predicted molar refractivity (Wildman–Crippen MR) is 109 cm³/mol. The van der Waals surface area contributed by atoms with Crippen LogP contribution in [0.3, 0.4) is 0 Å². The number of nitro groups is 1. The molecule has 10 heteroatoms. The molecular formula is C19H26N6O4. The monoisotopic (exact) mass is 402 g/mol. The quantitative estimate of drug-likeness (QED) is 0.595. The average Bonchev–Trinajstić information content (AvgIpc) is 3.24. The van der Waals surface area contributed by atoms with Crippen LogP contribution in [0.4, 0.5) is 16.2 Å². The zero-order valence-electron chi connectivity index (χ0n) is 16.7. The highest BCUT2D eigenvalue weighted by Crippen LogP contribution is 2.39. The van der Waals surface area contributed by atoms with Crippen molar-refractivity contribution in [2.75, 3.05) is 38.1 Å². The number of nitro benzene ring substituents is 1. The molecule has 2 saturated heterocycles. The summed E-state index contributed by atoms with van der Waals surface area (Å²) in [6.45, 7) is 4.92. The van der Waals surface area contributed by atoms with Crippen molar-refractivity contribution in [2.24, 2.45) is 0 Å². The Labute approximate surface area is 168 Å². The van der Waals surface area contributed by atoms with Gasteiger partial charge in [0, 0.05) is 25.2 Å². The number of anilines is 1. The van der Waals surface area contributed by atoms with E-state index in [0.717, 1.165) is 37.3 Å². The lowest BCUT2D eigenvalue weighted by molar-refractivity contribution is -0.384. The van der Waals surface area contributed by atoms with E-state index < -0.39 is 6.09 Å². The number of rotatable bonds is 4. The van der Waals surface area contributed by atoms with E-state index in [9.17, 15) is 14.9 Å². The summed E-state index contributed by atoms with van der Waals surface area (Å²) in [5.41, 5.74) is 2.05. The summed E-state index contributed by atoms with van der Waals surface area (Å²) < 4.78 is 2.22. The standard InChI is InChI=1S/C19H26N6O4/c1-12-20-17-15(24(12)14-6-8-22(2)9-7-14)3-4-16(25(28)29)18(17)23-10-5-13(11-23)21-19(26)27/h3-4,13-14,21H,5-11H2,1-2H3,(H,26,27). The second kappa shape index (κ2) is 7.51. The Morgan fingerprint density at radius 2 is 2.00 bits per heavy atom.